The minimum absolute atomic E-state index is 0.344. The summed E-state index contributed by atoms with van der Waals surface area (Å²) in [4.78, 5) is 10.7. The maximum atomic E-state index is 5.60. The molecule has 102 valence electrons. The third-order valence-corrected chi connectivity index (χ3v) is 3.45. The fourth-order valence-corrected chi connectivity index (χ4v) is 2.38. The summed E-state index contributed by atoms with van der Waals surface area (Å²) in [5.41, 5.74) is 7.92. The maximum Gasteiger partial charge on any atom is 0.144 e. The van der Waals surface area contributed by atoms with Crippen LogP contribution in [0.3, 0.4) is 0 Å². The molecule has 0 radical (unpaired) electrons. The molecule has 1 aromatic carbocycles. The van der Waals surface area contributed by atoms with Crippen LogP contribution in [-0.4, -0.2) is 21.6 Å². The van der Waals surface area contributed by atoms with E-state index in [-0.39, 0.29) is 0 Å². The average Bonchev–Trinajstić information content (AvgIpc) is 2.84. The van der Waals surface area contributed by atoms with Crippen LogP contribution < -0.4 is 10.6 Å². The van der Waals surface area contributed by atoms with Crippen LogP contribution in [0.15, 0.2) is 42.7 Å². The summed E-state index contributed by atoms with van der Waals surface area (Å²) < 4.78 is 2.12. The molecule has 0 spiro atoms. The van der Waals surface area contributed by atoms with Gasteiger partial charge in [-0.15, -0.1) is 0 Å². The van der Waals surface area contributed by atoms with Gasteiger partial charge in [0.15, 0.2) is 0 Å². The summed E-state index contributed by atoms with van der Waals surface area (Å²) in [5.74, 6) is 1.49. The SMILES string of the molecule is CN(c1ccnc(CN)n1)c1cn(C)c2ccccc12. The van der Waals surface area contributed by atoms with Crippen molar-refractivity contribution in [1.82, 2.24) is 14.5 Å². The van der Waals surface area contributed by atoms with Crippen LogP contribution in [0.25, 0.3) is 10.9 Å². The first-order valence-corrected chi connectivity index (χ1v) is 6.50. The number of fused-ring (bicyclic) bond motifs is 1. The standard InChI is InChI=1S/C15H17N5/c1-19-10-13(11-5-3-4-6-12(11)19)20(2)15-7-8-17-14(9-16)18-15/h3-8,10H,9,16H2,1-2H3. The van der Waals surface area contributed by atoms with Crippen LogP contribution in [0, 0.1) is 0 Å². The van der Waals surface area contributed by atoms with Gasteiger partial charge in [0.2, 0.25) is 0 Å². The predicted molar refractivity (Wildman–Crippen MR) is 80.9 cm³/mol. The molecular formula is C15H17N5. The molecule has 2 aromatic heterocycles. The van der Waals surface area contributed by atoms with Crippen molar-refractivity contribution >= 4 is 22.4 Å². The molecule has 0 aliphatic carbocycles. The van der Waals surface area contributed by atoms with Crippen molar-refractivity contribution in [1.29, 1.82) is 0 Å². The molecule has 2 N–H and O–H groups in total. The highest BCUT2D eigenvalue weighted by Crippen LogP contribution is 2.31. The van der Waals surface area contributed by atoms with E-state index in [4.69, 9.17) is 5.73 Å². The molecule has 0 unspecified atom stereocenters. The quantitative estimate of drug-likeness (QED) is 0.790. The third-order valence-electron chi connectivity index (χ3n) is 3.45. The van der Waals surface area contributed by atoms with E-state index < -0.39 is 0 Å². The minimum atomic E-state index is 0.344. The molecule has 0 bridgehead atoms. The fraction of sp³-hybridized carbons (Fsp3) is 0.200. The van der Waals surface area contributed by atoms with E-state index in [0.29, 0.717) is 12.4 Å². The van der Waals surface area contributed by atoms with Crippen molar-refractivity contribution in [2.45, 2.75) is 6.54 Å². The number of hydrogen-bond donors (Lipinski definition) is 1. The van der Waals surface area contributed by atoms with Gasteiger partial charge < -0.3 is 15.2 Å². The van der Waals surface area contributed by atoms with Gasteiger partial charge >= 0.3 is 0 Å². The zero-order chi connectivity index (χ0) is 14.1. The number of hydrogen-bond acceptors (Lipinski definition) is 4. The fourth-order valence-electron chi connectivity index (χ4n) is 2.38. The number of aryl methyl sites for hydroxylation is 1. The molecule has 0 saturated carbocycles. The molecule has 0 saturated heterocycles. The van der Waals surface area contributed by atoms with Crippen molar-refractivity contribution in [3.63, 3.8) is 0 Å². The Labute approximate surface area is 117 Å². The summed E-state index contributed by atoms with van der Waals surface area (Å²) in [7, 11) is 4.05. The second-order valence-corrected chi connectivity index (χ2v) is 4.74. The second kappa shape index (κ2) is 4.94. The highest BCUT2D eigenvalue weighted by Gasteiger charge is 2.12. The molecule has 3 aromatic rings. The average molecular weight is 267 g/mol. The Bertz CT molecular complexity index is 747. The normalized spacial score (nSPS) is 10.9. The Balaban J connectivity index is 2.10. The number of nitrogens with two attached hydrogens (primary N) is 1. The van der Waals surface area contributed by atoms with Gasteiger partial charge in [0, 0.05) is 37.4 Å². The number of benzene rings is 1. The van der Waals surface area contributed by atoms with Gasteiger partial charge in [-0.05, 0) is 12.1 Å². The van der Waals surface area contributed by atoms with Crippen molar-refractivity contribution in [2.24, 2.45) is 12.8 Å². The Morgan fingerprint density at radius 3 is 2.85 bits per heavy atom. The molecule has 0 atom stereocenters. The van der Waals surface area contributed by atoms with E-state index in [1.807, 2.05) is 32.3 Å². The third kappa shape index (κ3) is 2.02. The lowest BCUT2D eigenvalue weighted by Crippen LogP contribution is -2.13. The van der Waals surface area contributed by atoms with Gasteiger partial charge in [0.1, 0.15) is 11.6 Å². The first-order chi connectivity index (χ1) is 9.70. The zero-order valence-electron chi connectivity index (χ0n) is 11.6. The summed E-state index contributed by atoms with van der Waals surface area (Å²) in [6, 6.07) is 10.2. The van der Waals surface area contributed by atoms with Gasteiger partial charge in [-0.1, -0.05) is 18.2 Å². The number of para-hydroxylation sites is 1. The lowest BCUT2D eigenvalue weighted by Gasteiger charge is -2.17. The summed E-state index contributed by atoms with van der Waals surface area (Å²) in [6.07, 6.45) is 3.85. The number of aromatic nitrogens is 3. The van der Waals surface area contributed by atoms with Gasteiger partial charge in [-0.25, -0.2) is 9.97 Å². The summed E-state index contributed by atoms with van der Waals surface area (Å²) in [6.45, 7) is 0.344. The van der Waals surface area contributed by atoms with E-state index in [1.165, 1.54) is 10.9 Å². The first kappa shape index (κ1) is 12.6. The van der Waals surface area contributed by atoms with Crippen molar-refractivity contribution in [3.05, 3.63) is 48.5 Å². The van der Waals surface area contributed by atoms with Gasteiger partial charge in [-0.3, -0.25) is 0 Å². The van der Waals surface area contributed by atoms with Crippen LogP contribution in [-0.2, 0) is 13.6 Å². The van der Waals surface area contributed by atoms with Crippen molar-refractivity contribution in [2.75, 3.05) is 11.9 Å². The smallest absolute Gasteiger partial charge is 0.144 e. The van der Waals surface area contributed by atoms with Gasteiger partial charge in [-0.2, -0.15) is 0 Å². The predicted octanol–water partition coefficient (Wildman–Crippen LogP) is 2.19. The van der Waals surface area contributed by atoms with Gasteiger partial charge in [0.05, 0.1) is 12.2 Å². The second-order valence-electron chi connectivity index (χ2n) is 4.74. The Morgan fingerprint density at radius 1 is 1.25 bits per heavy atom. The number of nitrogens with zero attached hydrogens (tertiary/aromatic N) is 4. The zero-order valence-corrected chi connectivity index (χ0v) is 11.6. The number of rotatable bonds is 3. The molecule has 20 heavy (non-hydrogen) atoms. The molecule has 5 heteroatoms. The van der Waals surface area contributed by atoms with Crippen LogP contribution in [0.2, 0.25) is 0 Å². The maximum absolute atomic E-state index is 5.60. The lowest BCUT2D eigenvalue weighted by atomic mass is 10.2. The topological polar surface area (TPSA) is 60.0 Å². The van der Waals surface area contributed by atoms with Crippen LogP contribution in [0.5, 0.6) is 0 Å². The summed E-state index contributed by atoms with van der Waals surface area (Å²) >= 11 is 0. The van der Waals surface area contributed by atoms with Crippen molar-refractivity contribution < 1.29 is 0 Å². The van der Waals surface area contributed by atoms with E-state index in [9.17, 15) is 0 Å². The van der Waals surface area contributed by atoms with Crippen molar-refractivity contribution in [3.8, 4) is 0 Å². The Morgan fingerprint density at radius 2 is 2.05 bits per heavy atom. The van der Waals surface area contributed by atoms with Crippen LogP contribution in [0.4, 0.5) is 11.5 Å². The molecule has 3 rings (SSSR count). The first-order valence-electron chi connectivity index (χ1n) is 6.50. The minimum Gasteiger partial charge on any atom is -0.348 e. The molecule has 5 nitrogen and oxygen atoms in total. The van der Waals surface area contributed by atoms with E-state index in [1.54, 1.807) is 6.20 Å². The van der Waals surface area contributed by atoms with Gasteiger partial charge in [0.25, 0.3) is 0 Å². The molecular weight excluding hydrogens is 250 g/mol. The Kier molecular flexibility index (Phi) is 3.12. The van der Waals surface area contributed by atoms with E-state index >= 15 is 0 Å². The molecule has 2 heterocycles. The van der Waals surface area contributed by atoms with E-state index in [2.05, 4.69) is 37.8 Å². The lowest BCUT2D eigenvalue weighted by molar-refractivity contribution is 0.898. The molecule has 0 aliphatic heterocycles. The molecule has 0 fully saturated rings. The Hall–Kier alpha value is -2.40. The molecule has 0 aliphatic rings. The van der Waals surface area contributed by atoms with E-state index in [0.717, 1.165) is 11.5 Å². The number of anilines is 2. The monoisotopic (exact) mass is 267 g/mol. The molecule has 0 amide bonds. The highest BCUT2D eigenvalue weighted by atomic mass is 15.2. The highest BCUT2D eigenvalue weighted by molar-refractivity contribution is 5.94. The summed E-state index contributed by atoms with van der Waals surface area (Å²) in [5, 5.41) is 1.20. The largest absolute Gasteiger partial charge is 0.348 e. The van der Waals surface area contributed by atoms with Crippen LogP contribution in [0.1, 0.15) is 5.82 Å². The van der Waals surface area contributed by atoms with Crippen LogP contribution >= 0.6 is 0 Å².